The van der Waals surface area contributed by atoms with E-state index in [9.17, 15) is 9.90 Å². The summed E-state index contributed by atoms with van der Waals surface area (Å²) >= 11 is 0. The summed E-state index contributed by atoms with van der Waals surface area (Å²) < 4.78 is 10.4. The van der Waals surface area contributed by atoms with E-state index >= 15 is 0 Å². The summed E-state index contributed by atoms with van der Waals surface area (Å²) in [6, 6.07) is 7.72. The number of ether oxygens (including phenoxy) is 2. The number of aliphatic hydroxyl groups is 1. The number of rotatable bonds is 4. The topological polar surface area (TPSA) is 59.0 Å². The van der Waals surface area contributed by atoms with Gasteiger partial charge in [-0.15, -0.1) is 0 Å². The highest BCUT2D eigenvalue weighted by Crippen LogP contribution is 2.14. The Bertz CT molecular complexity index is 449. The molecule has 0 aliphatic carbocycles. The molecule has 0 bridgehead atoms. The van der Waals surface area contributed by atoms with Crippen molar-refractivity contribution in [3.8, 4) is 5.75 Å². The first-order chi connectivity index (χ1) is 9.69. The fourth-order valence-corrected chi connectivity index (χ4v) is 2.26. The molecule has 2 rings (SSSR count). The third-order valence-corrected chi connectivity index (χ3v) is 3.36. The number of benzene rings is 1. The minimum absolute atomic E-state index is 0.0531. The number of amides is 1. The molecule has 1 amide bonds. The van der Waals surface area contributed by atoms with Crippen LogP contribution in [0.15, 0.2) is 24.3 Å². The Hall–Kier alpha value is -1.59. The van der Waals surface area contributed by atoms with Crippen molar-refractivity contribution in [1.82, 2.24) is 4.90 Å². The molecular formula is C15H21NO4. The fourth-order valence-electron chi connectivity index (χ4n) is 2.26. The van der Waals surface area contributed by atoms with Gasteiger partial charge in [-0.2, -0.15) is 0 Å². The van der Waals surface area contributed by atoms with E-state index in [0.717, 1.165) is 11.3 Å². The molecule has 1 aromatic carbocycles. The molecule has 0 aromatic heterocycles. The third-order valence-electron chi connectivity index (χ3n) is 3.36. The molecule has 1 heterocycles. The molecule has 110 valence electrons. The highest BCUT2D eigenvalue weighted by atomic mass is 16.5. The lowest BCUT2D eigenvalue weighted by Gasteiger charge is -2.21. The van der Waals surface area contributed by atoms with Crippen molar-refractivity contribution in [3.05, 3.63) is 29.8 Å². The van der Waals surface area contributed by atoms with Crippen LogP contribution in [0.3, 0.4) is 0 Å². The number of nitrogens with zero attached hydrogens (tertiary/aromatic N) is 1. The monoisotopic (exact) mass is 279 g/mol. The average molecular weight is 279 g/mol. The lowest BCUT2D eigenvalue weighted by molar-refractivity contribution is -0.132. The summed E-state index contributed by atoms with van der Waals surface area (Å²) in [5, 5.41) is 9.63. The van der Waals surface area contributed by atoms with Crippen LogP contribution in [-0.4, -0.2) is 55.4 Å². The quantitative estimate of drug-likeness (QED) is 0.887. The molecule has 20 heavy (non-hydrogen) atoms. The highest BCUT2D eigenvalue weighted by Gasteiger charge is 2.20. The van der Waals surface area contributed by atoms with E-state index < -0.39 is 6.10 Å². The summed E-state index contributed by atoms with van der Waals surface area (Å²) in [5.74, 6) is 0.853. The lowest BCUT2D eigenvalue weighted by Crippen LogP contribution is -2.37. The van der Waals surface area contributed by atoms with Gasteiger partial charge in [0.2, 0.25) is 5.91 Å². The predicted octanol–water partition coefficient (Wildman–Crippen LogP) is 0.847. The second-order valence-corrected chi connectivity index (χ2v) is 4.92. The van der Waals surface area contributed by atoms with Crippen molar-refractivity contribution in [3.63, 3.8) is 0 Å². The molecule has 1 aliphatic heterocycles. The molecule has 1 unspecified atom stereocenters. The molecule has 1 atom stereocenters. The maximum absolute atomic E-state index is 12.2. The summed E-state index contributed by atoms with van der Waals surface area (Å²) in [5.41, 5.74) is 1.07. The number of methoxy groups -OCH3 is 1. The van der Waals surface area contributed by atoms with Crippen LogP contribution < -0.4 is 4.74 Å². The van der Waals surface area contributed by atoms with E-state index in [1.807, 2.05) is 24.3 Å². The van der Waals surface area contributed by atoms with Crippen LogP contribution in [0, 0.1) is 0 Å². The molecular weight excluding hydrogens is 258 g/mol. The van der Waals surface area contributed by atoms with Crippen LogP contribution in [0.5, 0.6) is 5.75 Å². The molecule has 5 heteroatoms. The Balaban J connectivity index is 1.87. The average Bonchev–Trinajstić information content (AvgIpc) is 2.69. The first-order valence-corrected chi connectivity index (χ1v) is 6.85. The van der Waals surface area contributed by atoms with Gasteiger partial charge in [0.05, 0.1) is 26.4 Å². The van der Waals surface area contributed by atoms with Crippen LogP contribution in [0.25, 0.3) is 0 Å². The van der Waals surface area contributed by atoms with Crippen molar-refractivity contribution >= 4 is 5.91 Å². The van der Waals surface area contributed by atoms with Gasteiger partial charge in [-0.25, -0.2) is 0 Å². The van der Waals surface area contributed by atoms with E-state index in [-0.39, 0.29) is 5.91 Å². The molecule has 0 radical (unpaired) electrons. The second-order valence-electron chi connectivity index (χ2n) is 4.92. The molecule has 1 fully saturated rings. The van der Waals surface area contributed by atoms with Gasteiger partial charge >= 0.3 is 0 Å². The Morgan fingerprint density at radius 1 is 1.55 bits per heavy atom. The standard InChI is InChI=1S/C15H21NO4/c1-19-14-4-2-3-12(9-14)5-6-15(18)16-7-8-20-11-13(17)10-16/h2-4,9,13,17H,5-8,10-11H2,1H3. The van der Waals surface area contributed by atoms with Crippen LogP contribution in [0.1, 0.15) is 12.0 Å². The Kier molecular flexibility index (Phi) is 5.38. The summed E-state index contributed by atoms with van der Waals surface area (Å²) in [4.78, 5) is 13.8. The minimum atomic E-state index is -0.585. The zero-order valence-electron chi connectivity index (χ0n) is 11.7. The largest absolute Gasteiger partial charge is 0.497 e. The van der Waals surface area contributed by atoms with E-state index in [0.29, 0.717) is 39.1 Å². The maximum Gasteiger partial charge on any atom is 0.223 e. The van der Waals surface area contributed by atoms with Crippen LogP contribution >= 0.6 is 0 Å². The van der Waals surface area contributed by atoms with E-state index in [2.05, 4.69) is 0 Å². The predicted molar refractivity (Wildman–Crippen MR) is 74.7 cm³/mol. The van der Waals surface area contributed by atoms with Crippen molar-refractivity contribution in [2.24, 2.45) is 0 Å². The molecule has 5 nitrogen and oxygen atoms in total. The maximum atomic E-state index is 12.2. The summed E-state index contributed by atoms with van der Waals surface area (Å²) in [6.07, 6.45) is 0.516. The zero-order valence-corrected chi connectivity index (χ0v) is 11.7. The third kappa shape index (κ3) is 4.21. The van der Waals surface area contributed by atoms with Crippen molar-refractivity contribution in [2.75, 3.05) is 33.4 Å². The van der Waals surface area contributed by atoms with Gasteiger partial charge in [-0.05, 0) is 24.1 Å². The second kappa shape index (κ2) is 7.26. The fraction of sp³-hybridized carbons (Fsp3) is 0.533. The molecule has 1 aromatic rings. The van der Waals surface area contributed by atoms with Crippen molar-refractivity contribution < 1.29 is 19.4 Å². The number of carbonyl (C=O) groups is 1. The number of hydrogen-bond donors (Lipinski definition) is 1. The summed E-state index contributed by atoms with van der Waals surface area (Å²) in [7, 11) is 1.63. The Morgan fingerprint density at radius 2 is 2.40 bits per heavy atom. The lowest BCUT2D eigenvalue weighted by atomic mass is 10.1. The number of aliphatic hydroxyl groups excluding tert-OH is 1. The highest BCUT2D eigenvalue weighted by molar-refractivity contribution is 5.76. The normalized spacial score (nSPS) is 19.5. The minimum Gasteiger partial charge on any atom is -0.497 e. The molecule has 0 spiro atoms. The van der Waals surface area contributed by atoms with Crippen LogP contribution in [0.4, 0.5) is 0 Å². The Morgan fingerprint density at radius 3 is 3.20 bits per heavy atom. The molecule has 1 N–H and O–H groups in total. The van der Waals surface area contributed by atoms with Gasteiger partial charge in [0.15, 0.2) is 0 Å². The van der Waals surface area contributed by atoms with Gasteiger partial charge in [0, 0.05) is 19.5 Å². The first-order valence-electron chi connectivity index (χ1n) is 6.85. The van der Waals surface area contributed by atoms with Crippen molar-refractivity contribution in [1.29, 1.82) is 0 Å². The SMILES string of the molecule is COc1cccc(CCC(=O)N2CCOCC(O)C2)c1. The number of β-amino-alcohol motifs (C(OH)–C–C–N with tert-alkyl or cyclic N) is 1. The molecule has 0 saturated carbocycles. The van der Waals surface area contributed by atoms with Crippen LogP contribution in [-0.2, 0) is 16.0 Å². The summed E-state index contributed by atoms with van der Waals surface area (Å²) in [6.45, 7) is 1.70. The number of hydrogen-bond acceptors (Lipinski definition) is 4. The first kappa shape index (κ1) is 14.8. The van der Waals surface area contributed by atoms with Gasteiger partial charge in [0.1, 0.15) is 5.75 Å². The van der Waals surface area contributed by atoms with Crippen LogP contribution in [0.2, 0.25) is 0 Å². The van der Waals surface area contributed by atoms with Crippen molar-refractivity contribution in [2.45, 2.75) is 18.9 Å². The van der Waals surface area contributed by atoms with Gasteiger partial charge in [0.25, 0.3) is 0 Å². The molecule has 1 saturated heterocycles. The van der Waals surface area contributed by atoms with Gasteiger partial charge < -0.3 is 19.5 Å². The van der Waals surface area contributed by atoms with Gasteiger partial charge in [-0.3, -0.25) is 4.79 Å². The number of aryl methyl sites for hydroxylation is 1. The Labute approximate surface area is 119 Å². The zero-order chi connectivity index (χ0) is 14.4. The number of carbonyl (C=O) groups excluding carboxylic acids is 1. The smallest absolute Gasteiger partial charge is 0.223 e. The van der Waals surface area contributed by atoms with E-state index in [4.69, 9.17) is 9.47 Å². The molecule has 1 aliphatic rings. The van der Waals surface area contributed by atoms with E-state index in [1.54, 1.807) is 12.0 Å². The van der Waals surface area contributed by atoms with Gasteiger partial charge in [-0.1, -0.05) is 12.1 Å². The van der Waals surface area contributed by atoms with E-state index in [1.165, 1.54) is 0 Å².